The first-order chi connectivity index (χ1) is 11.9. The molecule has 0 aromatic rings. The molecule has 1 unspecified atom stereocenters. The second-order valence-corrected chi connectivity index (χ2v) is 7.97. The van der Waals surface area contributed by atoms with Gasteiger partial charge in [0.25, 0.3) is 0 Å². The molecule has 0 bridgehead atoms. The van der Waals surface area contributed by atoms with Crippen molar-refractivity contribution in [1.82, 2.24) is 15.1 Å². The Hall–Kier alpha value is -1.79. The minimum absolute atomic E-state index is 0.0487. The lowest BCUT2D eigenvalue weighted by atomic mass is 9.80. The Kier molecular flexibility index (Phi) is 5.20. The Morgan fingerprint density at radius 3 is 2.32 bits per heavy atom. The number of carbonyl (C=O) groups excluding carboxylic acids is 2. The smallest absolute Gasteiger partial charge is 0.318 e. The van der Waals surface area contributed by atoms with Crippen molar-refractivity contribution in [3.63, 3.8) is 0 Å². The van der Waals surface area contributed by atoms with Crippen molar-refractivity contribution in [2.24, 2.45) is 5.41 Å². The molecule has 7 nitrogen and oxygen atoms in total. The van der Waals surface area contributed by atoms with E-state index in [-0.39, 0.29) is 11.9 Å². The minimum Gasteiger partial charge on any atom is -0.481 e. The maximum atomic E-state index is 12.6. The normalized spacial score (nSPS) is 27.4. The molecule has 140 valence electrons. The summed E-state index contributed by atoms with van der Waals surface area (Å²) in [4.78, 5) is 40.0. The molecule has 2 aliphatic heterocycles. The molecule has 3 amide bonds. The Morgan fingerprint density at radius 1 is 1.08 bits per heavy atom. The molecule has 1 atom stereocenters. The molecule has 2 heterocycles. The van der Waals surface area contributed by atoms with E-state index in [4.69, 9.17) is 0 Å². The molecular formula is C18H29N3O4. The van der Waals surface area contributed by atoms with Crippen molar-refractivity contribution < 1.29 is 19.5 Å². The first-order valence-corrected chi connectivity index (χ1v) is 9.50. The molecule has 7 heteroatoms. The van der Waals surface area contributed by atoms with Gasteiger partial charge in [0.1, 0.15) is 6.04 Å². The van der Waals surface area contributed by atoms with Crippen LogP contribution in [0.3, 0.4) is 0 Å². The maximum absolute atomic E-state index is 12.6. The van der Waals surface area contributed by atoms with Crippen molar-refractivity contribution in [3.05, 3.63) is 0 Å². The van der Waals surface area contributed by atoms with Gasteiger partial charge in [-0.15, -0.1) is 0 Å². The lowest BCUT2D eigenvalue weighted by Gasteiger charge is -2.36. The van der Waals surface area contributed by atoms with Crippen molar-refractivity contribution in [1.29, 1.82) is 0 Å². The van der Waals surface area contributed by atoms with Crippen LogP contribution in [0.15, 0.2) is 0 Å². The number of carboxylic acid groups (broad SMARTS) is 1. The first kappa shape index (κ1) is 18.0. The summed E-state index contributed by atoms with van der Waals surface area (Å²) in [5.74, 6) is -0.755. The van der Waals surface area contributed by atoms with Gasteiger partial charge < -0.3 is 20.2 Å². The third kappa shape index (κ3) is 3.75. The van der Waals surface area contributed by atoms with Crippen LogP contribution in [0.5, 0.6) is 0 Å². The van der Waals surface area contributed by atoms with Gasteiger partial charge in [-0.1, -0.05) is 19.3 Å². The standard InChI is InChI=1S/C18H29N3O4/c1-18(16(23)24)8-11-20(12-9-18)17(25)19-14-7-10-21(15(14)22)13-5-3-2-4-6-13/h13-14H,2-12H2,1H3,(H,19,25)(H,23,24). The van der Waals surface area contributed by atoms with E-state index in [1.54, 1.807) is 11.8 Å². The van der Waals surface area contributed by atoms with Gasteiger partial charge in [0, 0.05) is 25.7 Å². The molecule has 1 saturated carbocycles. The van der Waals surface area contributed by atoms with Gasteiger partial charge in [0.2, 0.25) is 5.91 Å². The molecule has 0 spiro atoms. The van der Waals surface area contributed by atoms with Gasteiger partial charge in [-0.05, 0) is 39.0 Å². The van der Waals surface area contributed by atoms with Crippen LogP contribution in [0.2, 0.25) is 0 Å². The summed E-state index contributed by atoms with van der Waals surface area (Å²) >= 11 is 0. The van der Waals surface area contributed by atoms with Crippen LogP contribution in [0.4, 0.5) is 4.79 Å². The monoisotopic (exact) mass is 351 g/mol. The van der Waals surface area contributed by atoms with E-state index in [9.17, 15) is 19.5 Å². The number of hydrogen-bond acceptors (Lipinski definition) is 3. The summed E-state index contributed by atoms with van der Waals surface area (Å²) in [6.07, 6.45) is 7.33. The number of carbonyl (C=O) groups is 3. The van der Waals surface area contributed by atoms with Crippen LogP contribution in [0.1, 0.15) is 58.3 Å². The number of carboxylic acids is 1. The van der Waals surface area contributed by atoms with Crippen LogP contribution in [-0.4, -0.2) is 64.5 Å². The Balaban J connectivity index is 1.50. The molecular weight excluding hydrogens is 322 g/mol. The van der Waals surface area contributed by atoms with E-state index in [0.717, 1.165) is 19.4 Å². The van der Waals surface area contributed by atoms with E-state index >= 15 is 0 Å². The van der Waals surface area contributed by atoms with E-state index < -0.39 is 17.4 Å². The minimum atomic E-state index is -0.804. The highest BCUT2D eigenvalue weighted by Crippen LogP contribution is 2.31. The van der Waals surface area contributed by atoms with Crippen LogP contribution in [-0.2, 0) is 9.59 Å². The van der Waals surface area contributed by atoms with E-state index in [1.165, 1.54) is 19.3 Å². The highest BCUT2D eigenvalue weighted by Gasteiger charge is 2.40. The predicted molar refractivity (Wildman–Crippen MR) is 92.1 cm³/mol. The van der Waals surface area contributed by atoms with Gasteiger partial charge in [0.05, 0.1) is 5.41 Å². The van der Waals surface area contributed by atoms with Crippen molar-refractivity contribution in [2.75, 3.05) is 19.6 Å². The molecule has 3 rings (SSSR count). The fraction of sp³-hybridized carbons (Fsp3) is 0.833. The molecule has 3 fully saturated rings. The Bertz CT molecular complexity index is 536. The van der Waals surface area contributed by atoms with E-state index in [0.29, 0.717) is 38.4 Å². The van der Waals surface area contributed by atoms with Gasteiger partial charge in [-0.25, -0.2) is 4.79 Å². The first-order valence-electron chi connectivity index (χ1n) is 9.50. The topological polar surface area (TPSA) is 89.9 Å². The van der Waals surface area contributed by atoms with Crippen LogP contribution >= 0.6 is 0 Å². The molecule has 0 aromatic heterocycles. The average Bonchev–Trinajstić information content (AvgIpc) is 2.97. The summed E-state index contributed by atoms with van der Waals surface area (Å²) in [6.45, 7) is 3.29. The summed E-state index contributed by atoms with van der Waals surface area (Å²) in [6, 6.07) is -0.326. The van der Waals surface area contributed by atoms with Gasteiger partial charge in [-0.3, -0.25) is 9.59 Å². The molecule has 1 aliphatic carbocycles. The molecule has 3 aliphatic rings. The summed E-state index contributed by atoms with van der Waals surface area (Å²) in [7, 11) is 0. The van der Waals surface area contributed by atoms with Gasteiger partial charge >= 0.3 is 12.0 Å². The number of amides is 3. The summed E-state index contributed by atoms with van der Waals surface area (Å²) in [5.41, 5.74) is -0.752. The summed E-state index contributed by atoms with van der Waals surface area (Å²) < 4.78 is 0. The molecule has 2 saturated heterocycles. The second kappa shape index (κ2) is 7.22. The van der Waals surface area contributed by atoms with Gasteiger partial charge in [-0.2, -0.15) is 0 Å². The largest absolute Gasteiger partial charge is 0.481 e. The third-order valence-electron chi connectivity index (χ3n) is 6.22. The van der Waals surface area contributed by atoms with Crippen molar-refractivity contribution in [2.45, 2.75) is 70.4 Å². The van der Waals surface area contributed by atoms with Crippen LogP contribution < -0.4 is 5.32 Å². The van der Waals surface area contributed by atoms with Crippen molar-refractivity contribution in [3.8, 4) is 0 Å². The zero-order valence-corrected chi connectivity index (χ0v) is 15.0. The van der Waals surface area contributed by atoms with Crippen LogP contribution in [0.25, 0.3) is 0 Å². The van der Waals surface area contributed by atoms with E-state index in [2.05, 4.69) is 5.32 Å². The maximum Gasteiger partial charge on any atom is 0.318 e. The number of nitrogens with zero attached hydrogens (tertiary/aromatic N) is 2. The van der Waals surface area contributed by atoms with Crippen LogP contribution in [0, 0.1) is 5.41 Å². The highest BCUT2D eigenvalue weighted by molar-refractivity contribution is 5.89. The van der Waals surface area contributed by atoms with E-state index in [1.807, 2.05) is 4.90 Å². The van der Waals surface area contributed by atoms with Crippen molar-refractivity contribution >= 4 is 17.9 Å². The second-order valence-electron chi connectivity index (χ2n) is 7.97. The zero-order chi connectivity index (χ0) is 18.0. The number of rotatable bonds is 3. The zero-order valence-electron chi connectivity index (χ0n) is 15.0. The fourth-order valence-electron chi connectivity index (χ4n) is 4.25. The highest BCUT2D eigenvalue weighted by atomic mass is 16.4. The lowest BCUT2D eigenvalue weighted by Crippen LogP contribution is -2.52. The molecule has 2 N–H and O–H groups in total. The van der Waals surface area contributed by atoms with Gasteiger partial charge in [0.15, 0.2) is 0 Å². The number of hydrogen-bond donors (Lipinski definition) is 2. The predicted octanol–water partition coefficient (Wildman–Crippen LogP) is 1.82. The molecule has 25 heavy (non-hydrogen) atoms. The summed E-state index contributed by atoms with van der Waals surface area (Å²) in [5, 5.41) is 12.1. The quantitative estimate of drug-likeness (QED) is 0.811. The molecule has 0 aromatic carbocycles. The number of aliphatic carboxylic acids is 1. The SMILES string of the molecule is CC1(C(=O)O)CCN(C(=O)NC2CCN(C3CCCCC3)C2=O)CC1. The Morgan fingerprint density at radius 2 is 1.72 bits per heavy atom. The lowest BCUT2D eigenvalue weighted by molar-refractivity contribution is -0.150. The number of likely N-dealkylation sites (tertiary alicyclic amines) is 2. The number of urea groups is 1. The Labute approximate surface area is 148 Å². The molecule has 0 radical (unpaired) electrons. The third-order valence-corrected chi connectivity index (χ3v) is 6.22. The fourth-order valence-corrected chi connectivity index (χ4v) is 4.25. The average molecular weight is 351 g/mol. The number of nitrogens with one attached hydrogen (secondary N) is 1. The number of piperidine rings is 1.